The molecule has 1 aliphatic rings. The fourth-order valence-corrected chi connectivity index (χ4v) is 3.63. The highest BCUT2D eigenvalue weighted by Gasteiger charge is 2.35. The van der Waals surface area contributed by atoms with Crippen LogP contribution in [0.25, 0.3) is 0 Å². The van der Waals surface area contributed by atoms with Crippen molar-refractivity contribution in [2.75, 3.05) is 16.8 Å². The number of carbonyl (C=O) groups is 2. The van der Waals surface area contributed by atoms with Crippen LogP contribution in [0.2, 0.25) is 5.02 Å². The molecular weight excluding hydrogens is 400 g/mol. The van der Waals surface area contributed by atoms with Crippen LogP contribution in [-0.4, -0.2) is 18.4 Å². The minimum Gasteiger partial charge on any atom is -0.457 e. The van der Waals surface area contributed by atoms with E-state index in [9.17, 15) is 9.59 Å². The highest BCUT2D eigenvalue weighted by atomic mass is 35.5. The molecule has 0 radical (unpaired) electrons. The monoisotopic (exact) mass is 420 g/mol. The number of amides is 2. The Bertz CT molecular complexity index is 1080. The zero-order chi connectivity index (χ0) is 21.1. The second-order valence-corrected chi connectivity index (χ2v) is 7.75. The quantitative estimate of drug-likeness (QED) is 0.598. The van der Waals surface area contributed by atoms with Gasteiger partial charge in [0.1, 0.15) is 11.5 Å². The molecule has 0 aliphatic carbocycles. The van der Waals surface area contributed by atoms with Gasteiger partial charge in [-0.05, 0) is 67.1 Å². The third-order valence-corrected chi connectivity index (χ3v) is 5.20. The second-order valence-electron chi connectivity index (χ2n) is 7.32. The summed E-state index contributed by atoms with van der Waals surface area (Å²) in [4.78, 5) is 26.7. The van der Waals surface area contributed by atoms with Crippen LogP contribution in [0.3, 0.4) is 0 Å². The molecule has 1 atom stereocenters. The number of carbonyl (C=O) groups excluding carboxylic acids is 2. The molecule has 0 aromatic heterocycles. The molecule has 0 spiro atoms. The van der Waals surface area contributed by atoms with E-state index in [1.54, 1.807) is 47.4 Å². The predicted molar refractivity (Wildman–Crippen MR) is 118 cm³/mol. The molecule has 0 bridgehead atoms. The number of hydrogen-bond donors (Lipinski definition) is 1. The molecule has 1 heterocycles. The lowest BCUT2D eigenvalue weighted by Gasteiger charge is -2.17. The molecule has 0 unspecified atom stereocenters. The Kier molecular flexibility index (Phi) is 5.72. The number of nitrogens with zero attached hydrogens (tertiary/aromatic N) is 1. The maximum atomic E-state index is 12.7. The van der Waals surface area contributed by atoms with Gasteiger partial charge < -0.3 is 15.0 Å². The molecular formula is C24H21ClN2O3. The molecule has 3 aromatic carbocycles. The maximum Gasteiger partial charge on any atom is 0.229 e. The number of rotatable bonds is 5. The van der Waals surface area contributed by atoms with E-state index in [0.29, 0.717) is 28.7 Å². The van der Waals surface area contributed by atoms with Gasteiger partial charge in [0.15, 0.2) is 0 Å². The molecule has 5 nitrogen and oxygen atoms in total. The summed E-state index contributed by atoms with van der Waals surface area (Å²) in [6, 6.07) is 22.1. The largest absolute Gasteiger partial charge is 0.457 e. The molecule has 2 amide bonds. The van der Waals surface area contributed by atoms with Gasteiger partial charge in [-0.2, -0.15) is 0 Å². The highest BCUT2D eigenvalue weighted by molar-refractivity contribution is 6.31. The second kappa shape index (κ2) is 8.59. The van der Waals surface area contributed by atoms with Crippen LogP contribution in [0, 0.1) is 12.8 Å². The molecule has 1 aliphatic heterocycles. The Balaban J connectivity index is 1.37. The van der Waals surface area contributed by atoms with Gasteiger partial charge in [-0.3, -0.25) is 9.59 Å². The summed E-state index contributed by atoms with van der Waals surface area (Å²) in [6.07, 6.45) is 0.174. The molecule has 0 saturated carbocycles. The third-order valence-electron chi connectivity index (χ3n) is 4.96. The fraction of sp³-hybridized carbons (Fsp3) is 0.167. The van der Waals surface area contributed by atoms with Gasteiger partial charge in [-0.25, -0.2) is 0 Å². The van der Waals surface area contributed by atoms with E-state index in [0.717, 1.165) is 11.3 Å². The van der Waals surface area contributed by atoms with Crippen molar-refractivity contribution in [1.29, 1.82) is 0 Å². The first kappa shape index (κ1) is 20.0. The normalized spacial score (nSPS) is 15.9. The van der Waals surface area contributed by atoms with Gasteiger partial charge >= 0.3 is 0 Å². The van der Waals surface area contributed by atoms with E-state index in [2.05, 4.69) is 5.32 Å². The van der Waals surface area contributed by atoms with Crippen molar-refractivity contribution in [2.45, 2.75) is 13.3 Å². The molecule has 30 heavy (non-hydrogen) atoms. The summed E-state index contributed by atoms with van der Waals surface area (Å²) in [5, 5.41) is 3.45. The van der Waals surface area contributed by atoms with E-state index in [1.165, 1.54) is 0 Å². The Hall–Kier alpha value is -3.31. The molecule has 152 valence electrons. The average Bonchev–Trinajstić information content (AvgIpc) is 3.11. The number of ether oxygens (including phenoxy) is 1. The van der Waals surface area contributed by atoms with Crippen LogP contribution in [-0.2, 0) is 9.59 Å². The topological polar surface area (TPSA) is 58.6 Å². The third kappa shape index (κ3) is 4.63. The molecule has 6 heteroatoms. The van der Waals surface area contributed by atoms with Crippen LogP contribution in [0.4, 0.5) is 11.4 Å². The SMILES string of the molecule is Cc1cccc(Oc2ccc(NC(=O)[C@@H]3CC(=O)N(c4cccc(Cl)c4)C3)cc2)c1. The first-order valence-corrected chi connectivity index (χ1v) is 10.1. The number of nitrogens with one attached hydrogen (secondary N) is 1. The van der Waals surface area contributed by atoms with E-state index in [1.807, 2.05) is 37.3 Å². The Morgan fingerprint density at radius 1 is 1.03 bits per heavy atom. The summed E-state index contributed by atoms with van der Waals surface area (Å²) >= 11 is 6.02. The number of benzene rings is 3. The molecule has 1 fully saturated rings. The number of aryl methyl sites for hydroxylation is 1. The van der Waals surface area contributed by atoms with Gasteiger partial charge in [-0.15, -0.1) is 0 Å². The fourth-order valence-electron chi connectivity index (χ4n) is 3.44. The van der Waals surface area contributed by atoms with Gasteiger partial charge in [0.2, 0.25) is 11.8 Å². The first-order chi connectivity index (χ1) is 14.5. The van der Waals surface area contributed by atoms with Crippen molar-refractivity contribution in [3.63, 3.8) is 0 Å². The zero-order valence-electron chi connectivity index (χ0n) is 16.5. The number of anilines is 2. The number of hydrogen-bond acceptors (Lipinski definition) is 3. The van der Waals surface area contributed by atoms with Gasteiger partial charge in [0.25, 0.3) is 0 Å². The Morgan fingerprint density at radius 3 is 2.53 bits per heavy atom. The Morgan fingerprint density at radius 2 is 1.80 bits per heavy atom. The number of halogens is 1. The van der Waals surface area contributed by atoms with Crippen molar-refractivity contribution >= 4 is 34.8 Å². The Labute approximate surface area is 180 Å². The first-order valence-electron chi connectivity index (χ1n) is 9.69. The van der Waals surface area contributed by atoms with Crippen molar-refractivity contribution < 1.29 is 14.3 Å². The van der Waals surface area contributed by atoms with Crippen LogP contribution in [0.15, 0.2) is 72.8 Å². The van der Waals surface area contributed by atoms with Crippen molar-refractivity contribution in [3.05, 3.63) is 83.4 Å². The van der Waals surface area contributed by atoms with E-state index >= 15 is 0 Å². The lowest BCUT2D eigenvalue weighted by Crippen LogP contribution is -2.28. The van der Waals surface area contributed by atoms with E-state index in [-0.39, 0.29) is 18.2 Å². The smallest absolute Gasteiger partial charge is 0.229 e. The van der Waals surface area contributed by atoms with Gasteiger partial charge in [-0.1, -0.05) is 29.8 Å². The highest BCUT2D eigenvalue weighted by Crippen LogP contribution is 2.28. The van der Waals surface area contributed by atoms with E-state index < -0.39 is 5.92 Å². The summed E-state index contributed by atoms with van der Waals surface area (Å²) in [5.41, 5.74) is 2.49. The standard InChI is InChI=1S/C24H21ClN2O3/c1-16-4-2-7-22(12-16)30-21-10-8-19(9-11-21)26-24(29)17-13-23(28)27(15-17)20-6-3-5-18(25)14-20/h2-12,14,17H,13,15H2,1H3,(H,26,29)/t17-/m1/s1. The lowest BCUT2D eigenvalue weighted by molar-refractivity contribution is -0.122. The van der Waals surface area contributed by atoms with Crippen LogP contribution < -0.4 is 15.0 Å². The minimum atomic E-state index is -0.417. The van der Waals surface area contributed by atoms with Crippen molar-refractivity contribution in [2.24, 2.45) is 5.92 Å². The molecule has 4 rings (SSSR count). The van der Waals surface area contributed by atoms with Crippen LogP contribution in [0.1, 0.15) is 12.0 Å². The van der Waals surface area contributed by atoms with Crippen molar-refractivity contribution in [3.8, 4) is 11.5 Å². The summed E-state index contributed by atoms with van der Waals surface area (Å²) in [6.45, 7) is 2.34. The molecule has 1 saturated heterocycles. The van der Waals surface area contributed by atoms with Crippen LogP contribution in [0.5, 0.6) is 11.5 Å². The van der Waals surface area contributed by atoms with Gasteiger partial charge in [0, 0.05) is 29.4 Å². The van der Waals surface area contributed by atoms with E-state index in [4.69, 9.17) is 16.3 Å². The maximum absolute atomic E-state index is 12.7. The van der Waals surface area contributed by atoms with Gasteiger partial charge in [0.05, 0.1) is 5.92 Å². The van der Waals surface area contributed by atoms with Crippen molar-refractivity contribution in [1.82, 2.24) is 0 Å². The average molecular weight is 421 g/mol. The predicted octanol–water partition coefficient (Wildman–Crippen LogP) is 5.43. The molecule has 1 N–H and O–H groups in total. The summed E-state index contributed by atoms with van der Waals surface area (Å²) in [7, 11) is 0. The zero-order valence-corrected chi connectivity index (χ0v) is 17.2. The molecule has 3 aromatic rings. The summed E-state index contributed by atoms with van der Waals surface area (Å²) in [5.74, 6) is 0.762. The lowest BCUT2D eigenvalue weighted by atomic mass is 10.1. The van der Waals surface area contributed by atoms with Crippen LogP contribution >= 0.6 is 11.6 Å². The minimum absolute atomic E-state index is 0.0840. The summed E-state index contributed by atoms with van der Waals surface area (Å²) < 4.78 is 5.83.